The van der Waals surface area contributed by atoms with Crippen LogP contribution in [0.1, 0.15) is 29.8 Å². The van der Waals surface area contributed by atoms with Gasteiger partial charge in [0.05, 0.1) is 18.0 Å². The number of hydrazine groups is 1. The maximum atomic E-state index is 11.9. The Morgan fingerprint density at radius 3 is 2.89 bits per heavy atom. The van der Waals surface area contributed by atoms with Crippen molar-refractivity contribution in [1.29, 1.82) is 0 Å². The minimum Gasteiger partial charge on any atom is -0.381 e. The molecule has 1 aromatic heterocycles. The van der Waals surface area contributed by atoms with Crippen LogP contribution in [0.25, 0.3) is 0 Å². The molecule has 1 aliphatic rings. The SMILES string of the molecule is COC1CCC(NC(=O)c2ccc(NN)cn2)C1. The zero-order chi connectivity index (χ0) is 13.0. The molecule has 2 unspecified atom stereocenters. The van der Waals surface area contributed by atoms with E-state index in [1.165, 1.54) is 6.20 Å². The molecule has 1 aliphatic carbocycles. The molecular weight excluding hydrogens is 232 g/mol. The van der Waals surface area contributed by atoms with E-state index in [1.807, 2.05) is 0 Å². The summed E-state index contributed by atoms with van der Waals surface area (Å²) in [6, 6.07) is 3.54. The second kappa shape index (κ2) is 5.79. The van der Waals surface area contributed by atoms with Gasteiger partial charge in [0.1, 0.15) is 5.69 Å². The fourth-order valence-corrected chi connectivity index (χ4v) is 2.16. The molecule has 18 heavy (non-hydrogen) atoms. The molecule has 1 fully saturated rings. The Morgan fingerprint density at radius 2 is 2.33 bits per heavy atom. The molecule has 1 saturated carbocycles. The van der Waals surface area contributed by atoms with Gasteiger partial charge >= 0.3 is 0 Å². The molecule has 0 saturated heterocycles. The summed E-state index contributed by atoms with van der Waals surface area (Å²) in [5.74, 6) is 5.08. The molecule has 1 amide bonds. The van der Waals surface area contributed by atoms with Crippen LogP contribution in [-0.4, -0.2) is 30.1 Å². The Morgan fingerprint density at radius 1 is 1.50 bits per heavy atom. The van der Waals surface area contributed by atoms with Crippen LogP contribution in [0.4, 0.5) is 5.69 Å². The first-order valence-corrected chi connectivity index (χ1v) is 5.99. The Balaban J connectivity index is 1.91. The summed E-state index contributed by atoms with van der Waals surface area (Å²) in [6.07, 6.45) is 4.59. The third-order valence-corrected chi connectivity index (χ3v) is 3.22. The van der Waals surface area contributed by atoms with Gasteiger partial charge in [0.15, 0.2) is 0 Å². The van der Waals surface area contributed by atoms with Crippen LogP contribution in [0, 0.1) is 0 Å². The lowest BCUT2D eigenvalue weighted by atomic mass is 10.2. The van der Waals surface area contributed by atoms with Gasteiger partial charge < -0.3 is 15.5 Å². The van der Waals surface area contributed by atoms with Crippen LogP contribution < -0.4 is 16.6 Å². The van der Waals surface area contributed by atoms with Crippen molar-refractivity contribution in [2.24, 2.45) is 5.84 Å². The second-order valence-electron chi connectivity index (χ2n) is 4.42. The van der Waals surface area contributed by atoms with Gasteiger partial charge in [-0.3, -0.25) is 10.6 Å². The number of carbonyl (C=O) groups is 1. The molecule has 2 rings (SSSR count). The number of carbonyl (C=O) groups excluding carboxylic acids is 1. The highest BCUT2D eigenvalue weighted by atomic mass is 16.5. The maximum Gasteiger partial charge on any atom is 0.270 e. The van der Waals surface area contributed by atoms with Crippen molar-refractivity contribution >= 4 is 11.6 Å². The Bertz CT molecular complexity index is 407. The summed E-state index contributed by atoms with van der Waals surface area (Å²) in [4.78, 5) is 16.0. The molecule has 0 aromatic carbocycles. The summed E-state index contributed by atoms with van der Waals surface area (Å²) in [7, 11) is 1.70. The van der Waals surface area contributed by atoms with Crippen LogP contribution in [-0.2, 0) is 4.74 Å². The number of nitrogens with zero attached hydrogens (tertiary/aromatic N) is 1. The van der Waals surface area contributed by atoms with E-state index in [-0.39, 0.29) is 18.1 Å². The van der Waals surface area contributed by atoms with E-state index in [1.54, 1.807) is 19.2 Å². The third kappa shape index (κ3) is 2.96. The molecular formula is C12H18N4O2. The summed E-state index contributed by atoms with van der Waals surface area (Å²) < 4.78 is 5.27. The number of anilines is 1. The minimum absolute atomic E-state index is 0.152. The normalized spacial score (nSPS) is 22.8. The largest absolute Gasteiger partial charge is 0.381 e. The van der Waals surface area contributed by atoms with Gasteiger partial charge in [0, 0.05) is 13.2 Å². The first kappa shape index (κ1) is 12.8. The molecule has 98 valence electrons. The quantitative estimate of drug-likeness (QED) is 0.539. The molecule has 0 bridgehead atoms. The molecule has 6 heteroatoms. The molecule has 2 atom stereocenters. The average molecular weight is 250 g/mol. The number of aromatic nitrogens is 1. The van der Waals surface area contributed by atoms with E-state index in [2.05, 4.69) is 15.7 Å². The third-order valence-electron chi connectivity index (χ3n) is 3.22. The molecule has 6 nitrogen and oxygen atoms in total. The zero-order valence-electron chi connectivity index (χ0n) is 10.3. The lowest BCUT2D eigenvalue weighted by Crippen LogP contribution is -2.33. The van der Waals surface area contributed by atoms with E-state index < -0.39 is 0 Å². The summed E-state index contributed by atoms with van der Waals surface area (Å²) in [6.45, 7) is 0. The van der Waals surface area contributed by atoms with Gasteiger partial charge in [-0.05, 0) is 31.4 Å². The molecule has 1 aromatic rings. The molecule has 4 N–H and O–H groups in total. The van der Waals surface area contributed by atoms with Gasteiger partial charge in [0.2, 0.25) is 0 Å². The molecule has 0 spiro atoms. The van der Waals surface area contributed by atoms with E-state index in [4.69, 9.17) is 10.6 Å². The number of nitrogens with one attached hydrogen (secondary N) is 2. The molecule has 0 radical (unpaired) electrons. The number of nitrogen functional groups attached to an aromatic ring is 1. The van der Waals surface area contributed by atoms with Crippen molar-refractivity contribution in [1.82, 2.24) is 10.3 Å². The Labute approximate surface area is 106 Å². The Kier molecular flexibility index (Phi) is 4.11. The highest BCUT2D eigenvalue weighted by Crippen LogP contribution is 2.21. The summed E-state index contributed by atoms with van der Waals surface area (Å²) in [5.41, 5.74) is 3.54. The number of pyridine rings is 1. The number of hydrogen-bond acceptors (Lipinski definition) is 5. The first-order chi connectivity index (χ1) is 8.72. The van der Waals surface area contributed by atoms with Crippen molar-refractivity contribution in [3.05, 3.63) is 24.0 Å². The first-order valence-electron chi connectivity index (χ1n) is 5.99. The molecule has 1 heterocycles. The van der Waals surface area contributed by atoms with Crippen molar-refractivity contribution in [2.45, 2.75) is 31.4 Å². The van der Waals surface area contributed by atoms with Gasteiger partial charge in [-0.1, -0.05) is 0 Å². The van der Waals surface area contributed by atoms with E-state index in [0.29, 0.717) is 11.4 Å². The van der Waals surface area contributed by atoms with Crippen molar-refractivity contribution < 1.29 is 9.53 Å². The van der Waals surface area contributed by atoms with Crippen LogP contribution in [0.3, 0.4) is 0 Å². The van der Waals surface area contributed by atoms with E-state index in [9.17, 15) is 4.79 Å². The fraction of sp³-hybridized carbons (Fsp3) is 0.500. The lowest BCUT2D eigenvalue weighted by molar-refractivity contribution is 0.0910. The number of nitrogens with two attached hydrogens (primary N) is 1. The van der Waals surface area contributed by atoms with Crippen molar-refractivity contribution in [3.63, 3.8) is 0 Å². The second-order valence-corrected chi connectivity index (χ2v) is 4.42. The lowest BCUT2D eigenvalue weighted by Gasteiger charge is -2.12. The minimum atomic E-state index is -0.152. The Hall–Kier alpha value is -1.66. The monoisotopic (exact) mass is 250 g/mol. The zero-order valence-corrected chi connectivity index (χ0v) is 10.3. The van der Waals surface area contributed by atoms with Crippen LogP contribution in [0.15, 0.2) is 18.3 Å². The van der Waals surface area contributed by atoms with Crippen molar-refractivity contribution in [2.75, 3.05) is 12.5 Å². The standard InChI is InChI=1S/C12H18N4O2/c1-18-10-4-2-8(6-10)15-12(17)11-5-3-9(16-13)7-14-11/h3,5,7-8,10,16H,2,4,6,13H2,1H3,(H,15,17). The number of methoxy groups -OCH3 is 1. The smallest absolute Gasteiger partial charge is 0.270 e. The van der Waals surface area contributed by atoms with Crippen LogP contribution in [0.5, 0.6) is 0 Å². The van der Waals surface area contributed by atoms with Gasteiger partial charge in [-0.2, -0.15) is 0 Å². The summed E-state index contributed by atoms with van der Waals surface area (Å²) in [5, 5.41) is 2.96. The maximum absolute atomic E-state index is 11.9. The van der Waals surface area contributed by atoms with E-state index >= 15 is 0 Å². The fourth-order valence-electron chi connectivity index (χ4n) is 2.16. The number of hydrogen-bond donors (Lipinski definition) is 3. The highest BCUT2D eigenvalue weighted by molar-refractivity contribution is 5.92. The summed E-state index contributed by atoms with van der Waals surface area (Å²) >= 11 is 0. The van der Waals surface area contributed by atoms with Crippen LogP contribution in [0.2, 0.25) is 0 Å². The van der Waals surface area contributed by atoms with Gasteiger partial charge in [-0.15, -0.1) is 0 Å². The number of ether oxygens (including phenoxy) is 1. The highest BCUT2D eigenvalue weighted by Gasteiger charge is 2.26. The van der Waals surface area contributed by atoms with Gasteiger partial charge in [-0.25, -0.2) is 4.98 Å². The van der Waals surface area contributed by atoms with Crippen LogP contribution >= 0.6 is 0 Å². The average Bonchev–Trinajstić information content (AvgIpc) is 2.86. The predicted molar refractivity (Wildman–Crippen MR) is 67.9 cm³/mol. The van der Waals surface area contributed by atoms with Crippen molar-refractivity contribution in [3.8, 4) is 0 Å². The number of amides is 1. The van der Waals surface area contributed by atoms with Gasteiger partial charge in [0.25, 0.3) is 5.91 Å². The van der Waals surface area contributed by atoms with E-state index in [0.717, 1.165) is 19.3 Å². The molecule has 0 aliphatic heterocycles. The topological polar surface area (TPSA) is 89.3 Å². The predicted octanol–water partition coefficient (Wildman–Crippen LogP) is 0.665. The number of rotatable bonds is 4.